The third kappa shape index (κ3) is 6.65. The summed E-state index contributed by atoms with van der Waals surface area (Å²) in [6, 6.07) is 51.5. The molecule has 0 aliphatic rings. The maximum Gasteiger partial charge on any atom is 0.114 e. The molecule has 0 fully saturated rings. The van der Waals surface area contributed by atoms with E-state index in [0.717, 1.165) is 73.5 Å². The fourth-order valence-electron chi connectivity index (χ4n) is 9.17. The number of aromatic nitrogens is 2. The molecular formula is C53H30B8N2. The van der Waals surface area contributed by atoms with Crippen molar-refractivity contribution in [3.8, 4) is 61.3 Å². The predicted octanol–water partition coefficient (Wildman–Crippen LogP) is 4.58. The minimum atomic E-state index is 0.160. The normalized spacial score (nSPS) is 11.5. The van der Waals surface area contributed by atoms with Gasteiger partial charge < -0.3 is 0 Å². The maximum atomic E-state index is 7.17. The van der Waals surface area contributed by atoms with Crippen LogP contribution in [0.15, 0.2) is 152 Å². The summed E-state index contributed by atoms with van der Waals surface area (Å²) in [5.74, 6) is 0.972. The van der Waals surface area contributed by atoms with Crippen LogP contribution in [-0.4, -0.2) is 72.3 Å². The first-order chi connectivity index (χ1) is 30.5. The lowest BCUT2D eigenvalue weighted by Crippen LogP contribution is -2.50. The fraction of sp³-hybridized carbons (Fsp3) is 0.0377. The Morgan fingerprint density at radius 2 is 0.762 bits per heavy atom. The van der Waals surface area contributed by atoms with Gasteiger partial charge in [0.15, 0.2) is 0 Å². The van der Waals surface area contributed by atoms with Crippen molar-refractivity contribution >= 4 is 139 Å². The highest BCUT2D eigenvalue weighted by Gasteiger charge is 2.25. The zero-order valence-corrected chi connectivity index (χ0v) is 34.7. The second-order valence-electron chi connectivity index (χ2n) is 15.9. The van der Waals surface area contributed by atoms with E-state index < -0.39 is 0 Å². The van der Waals surface area contributed by atoms with Crippen LogP contribution in [0.3, 0.4) is 0 Å². The minimum Gasteiger partial charge on any atom is -0.296 e. The van der Waals surface area contributed by atoms with Crippen molar-refractivity contribution < 1.29 is 0 Å². The number of para-hydroxylation sites is 2. The number of hydrogen-bond acceptors (Lipinski definition) is 1. The summed E-state index contributed by atoms with van der Waals surface area (Å²) >= 11 is 0. The zero-order chi connectivity index (χ0) is 43.7. The van der Waals surface area contributed by atoms with Crippen molar-refractivity contribution in [2.24, 2.45) is 0 Å². The summed E-state index contributed by atoms with van der Waals surface area (Å²) in [6.45, 7) is 2.12. The average Bonchev–Trinajstić information content (AvgIpc) is 3.72. The van der Waals surface area contributed by atoms with Crippen LogP contribution in [0.4, 0.5) is 0 Å². The Hall–Kier alpha value is -6.51. The fourth-order valence-corrected chi connectivity index (χ4v) is 9.17. The molecule has 0 bridgehead atoms. The summed E-state index contributed by atoms with van der Waals surface area (Å²) in [4.78, 5) is 4.93. The van der Waals surface area contributed by atoms with Gasteiger partial charge in [0.05, 0.1) is 11.0 Å². The molecule has 0 aliphatic heterocycles. The molecule has 16 radical (unpaired) electrons. The number of hydrogen-bond donors (Lipinski definition) is 0. The Morgan fingerprint density at radius 3 is 1.29 bits per heavy atom. The second-order valence-corrected chi connectivity index (χ2v) is 15.9. The zero-order valence-electron chi connectivity index (χ0n) is 34.7. The van der Waals surface area contributed by atoms with Crippen molar-refractivity contribution in [3.63, 3.8) is 0 Å². The van der Waals surface area contributed by atoms with Gasteiger partial charge in [0.1, 0.15) is 68.6 Å². The average molecular weight is 781 g/mol. The molecular weight excluding hydrogens is 751 g/mol. The Kier molecular flexibility index (Phi) is 10.3. The van der Waals surface area contributed by atoms with Gasteiger partial charge in [-0.1, -0.05) is 132 Å². The lowest BCUT2D eigenvalue weighted by atomic mass is 9.59. The highest BCUT2D eigenvalue weighted by molar-refractivity contribution is 6.71. The molecule has 0 amide bonds. The highest BCUT2D eigenvalue weighted by atomic mass is 15.1. The molecule has 9 aromatic carbocycles. The summed E-state index contributed by atoms with van der Waals surface area (Å²) < 4.78 is 2.21. The Labute approximate surface area is 378 Å². The quantitative estimate of drug-likeness (QED) is 0.171. The van der Waals surface area contributed by atoms with Gasteiger partial charge in [-0.3, -0.25) is 4.57 Å². The van der Waals surface area contributed by atoms with E-state index in [1.165, 1.54) is 0 Å². The van der Waals surface area contributed by atoms with E-state index in [-0.39, 0.29) is 43.7 Å². The van der Waals surface area contributed by atoms with Crippen LogP contribution in [0.2, 0.25) is 0 Å². The number of imidazole rings is 1. The minimum absolute atomic E-state index is 0.160. The summed E-state index contributed by atoms with van der Waals surface area (Å²) in [6.07, 6.45) is 0.769. The molecule has 1 heterocycles. The molecule has 10 rings (SSSR count). The van der Waals surface area contributed by atoms with Crippen molar-refractivity contribution in [2.45, 2.75) is 13.3 Å². The first-order valence-electron chi connectivity index (χ1n) is 20.8. The topological polar surface area (TPSA) is 17.8 Å². The molecule has 2 nitrogen and oxygen atoms in total. The first-order valence-corrected chi connectivity index (χ1v) is 20.8. The van der Waals surface area contributed by atoms with Gasteiger partial charge in [0, 0.05) is 12.1 Å². The maximum absolute atomic E-state index is 7.17. The van der Waals surface area contributed by atoms with Crippen LogP contribution >= 0.6 is 0 Å². The molecule has 1 aromatic heterocycles. The molecule has 10 heteroatoms. The van der Waals surface area contributed by atoms with E-state index in [0.29, 0.717) is 32.7 Å². The molecule has 0 N–H and O–H groups in total. The molecule has 0 saturated heterocycles. The molecule has 276 valence electrons. The highest BCUT2D eigenvalue weighted by Crippen LogP contribution is 2.43. The smallest absolute Gasteiger partial charge is 0.114 e. The van der Waals surface area contributed by atoms with Crippen LogP contribution < -0.4 is 43.7 Å². The van der Waals surface area contributed by atoms with Crippen LogP contribution in [0.1, 0.15) is 12.7 Å². The number of benzene rings is 9. The van der Waals surface area contributed by atoms with Crippen molar-refractivity contribution in [3.05, 3.63) is 157 Å². The van der Waals surface area contributed by atoms with E-state index in [1.807, 2.05) is 66.7 Å². The third-order valence-corrected chi connectivity index (χ3v) is 12.3. The molecule has 0 spiro atoms. The van der Waals surface area contributed by atoms with Gasteiger partial charge in [-0.05, 0) is 126 Å². The number of fused-ring (bicyclic) bond motifs is 3. The molecule has 0 unspecified atom stereocenters. The van der Waals surface area contributed by atoms with Crippen molar-refractivity contribution in [1.82, 2.24) is 9.55 Å². The van der Waals surface area contributed by atoms with Crippen LogP contribution in [0.25, 0.3) is 93.9 Å². The van der Waals surface area contributed by atoms with E-state index in [2.05, 4.69) is 96.4 Å². The van der Waals surface area contributed by atoms with E-state index in [9.17, 15) is 0 Å². The Balaban J connectivity index is 1.30. The summed E-state index contributed by atoms with van der Waals surface area (Å²) in [5, 5.41) is 2.25. The molecule has 0 saturated carbocycles. The van der Waals surface area contributed by atoms with Gasteiger partial charge in [-0.25, -0.2) is 4.98 Å². The third-order valence-electron chi connectivity index (χ3n) is 12.3. The lowest BCUT2D eigenvalue weighted by Gasteiger charge is -2.29. The largest absolute Gasteiger partial charge is 0.296 e. The number of nitrogens with zero attached hydrogens (tertiary/aromatic N) is 2. The summed E-state index contributed by atoms with van der Waals surface area (Å²) in [7, 11) is 55.7. The lowest BCUT2D eigenvalue weighted by molar-refractivity contribution is 0.908. The van der Waals surface area contributed by atoms with Gasteiger partial charge in [-0.15, -0.1) is 21.9 Å². The van der Waals surface area contributed by atoms with E-state index in [1.54, 1.807) is 0 Å². The van der Waals surface area contributed by atoms with Crippen LogP contribution in [-0.2, 0) is 6.42 Å². The van der Waals surface area contributed by atoms with Crippen LogP contribution in [0.5, 0.6) is 0 Å². The molecule has 0 aliphatic carbocycles. The first kappa shape index (κ1) is 40.6. The second kappa shape index (κ2) is 16.0. The van der Waals surface area contributed by atoms with Gasteiger partial charge in [-0.2, -0.15) is 0 Å². The Bertz CT molecular complexity index is 3330. The standard InChI is InChI=1S/C53H30B8N2/c1-2-39-62-37-21-9-10-22-38(37)63(39)36-20-12-18-31(27-36)30-17-11-19-32(23-30)40-42-44(48(56)52(60)50(58)46(42)54)41(45-43(40)47(55)51(59)53(61)49(45)57)35-25-33(28-13-5-3-6-14-28)24-34(26-35)29-15-7-4-8-16-29/h3-27H,2H2,1H3. The molecule has 10 aromatic rings. The number of aryl methyl sites for hydroxylation is 1. The van der Waals surface area contributed by atoms with E-state index >= 15 is 0 Å². The molecule has 63 heavy (non-hydrogen) atoms. The van der Waals surface area contributed by atoms with Crippen molar-refractivity contribution in [2.75, 3.05) is 0 Å². The van der Waals surface area contributed by atoms with Gasteiger partial charge >= 0.3 is 0 Å². The summed E-state index contributed by atoms with van der Waals surface area (Å²) in [5.41, 5.74) is 13.3. The molecule has 0 atom stereocenters. The van der Waals surface area contributed by atoms with Crippen molar-refractivity contribution in [1.29, 1.82) is 0 Å². The van der Waals surface area contributed by atoms with E-state index in [4.69, 9.17) is 67.8 Å². The van der Waals surface area contributed by atoms with Gasteiger partial charge in [0.2, 0.25) is 0 Å². The Morgan fingerprint density at radius 1 is 0.365 bits per heavy atom. The monoisotopic (exact) mass is 782 g/mol. The van der Waals surface area contributed by atoms with Gasteiger partial charge in [0.25, 0.3) is 0 Å². The van der Waals surface area contributed by atoms with Crippen LogP contribution in [0, 0.1) is 0 Å². The number of rotatable bonds is 7. The SMILES string of the molecule is [B]c1c([B])c([B])c2c(-c3cc(-c4ccccc4)cc(-c4ccccc4)c3)c3c([B])c([B])c([B])c([B])c3c(-c3cccc(-c4cccc(-n5c(CC)nc6ccccc65)c4)c3)c2c1[B]. The predicted molar refractivity (Wildman–Crippen MR) is 276 cm³/mol.